The SMILES string of the molecule is CC(C(=O)NCCNC(=O)c1ccc(-c2c3ccc(=O)cc-3oc3cc(O)ccc23)c(C(=O)O)c1)c1ccccc1. The van der Waals surface area contributed by atoms with Gasteiger partial charge in [0.1, 0.15) is 17.1 Å². The molecule has 0 bridgehead atoms. The highest BCUT2D eigenvalue weighted by molar-refractivity contribution is 6.09. The van der Waals surface area contributed by atoms with Crippen molar-refractivity contribution in [2.45, 2.75) is 12.8 Å². The number of hydrogen-bond acceptors (Lipinski definition) is 6. The van der Waals surface area contributed by atoms with Crippen LogP contribution in [0.25, 0.3) is 33.4 Å². The summed E-state index contributed by atoms with van der Waals surface area (Å²) in [5.74, 6) is -2.09. The third-order valence-corrected chi connectivity index (χ3v) is 6.86. The fraction of sp³-hybridized carbons (Fsp3) is 0.125. The van der Waals surface area contributed by atoms with Crippen molar-refractivity contribution in [3.05, 3.63) is 112 Å². The van der Waals surface area contributed by atoms with Gasteiger partial charge in [-0.3, -0.25) is 14.4 Å². The van der Waals surface area contributed by atoms with Crippen molar-refractivity contribution in [2.24, 2.45) is 0 Å². The van der Waals surface area contributed by atoms with Crippen molar-refractivity contribution in [3.63, 3.8) is 0 Å². The summed E-state index contributed by atoms with van der Waals surface area (Å²) in [4.78, 5) is 49.7. The smallest absolute Gasteiger partial charge is 0.336 e. The fourth-order valence-electron chi connectivity index (χ4n) is 4.74. The highest BCUT2D eigenvalue weighted by atomic mass is 16.4. The molecule has 1 unspecified atom stereocenters. The average molecular weight is 551 g/mol. The van der Waals surface area contributed by atoms with Crippen LogP contribution in [0.1, 0.15) is 39.1 Å². The molecule has 0 spiro atoms. The molecule has 2 aliphatic rings. The number of carbonyl (C=O) groups excluding carboxylic acids is 2. The lowest BCUT2D eigenvalue weighted by molar-refractivity contribution is -0.122. The van der Waals surface area contributed by atoms with Gasteiger partial charge in [0.05, 0.1) is 11.5 Å². The molecule has 0 fully saturated rings. The van der Waals surface area contributed by atoms with Crippen molar-refractivity contribution >= 4 is 28.8 Å². The second-order valence-corrected chi connectivity index (χ2v) is 9.56. The van der Waals surface area contributed by atoms with Crippen molar-refractivity contribution in [1.29, 1.82) is 0 Å². The molecule has 1 atom stereocenters. The Morgan fingerprint density at radius 3 is 2.34 bits per heavy atom. The topological polar surface area (TPSA) is 146 Å². The lowest BCUT2D eigenvalue weighted by Crippen LogP contribution is -2.36. The van der Waals surface area contributed by atoms with Gasteiger partial charge in [-0.1, -0.05) is 36.4 Å². The number of fused-ring (bicyclic) bond motifs is 2. The maximum absolute atomic E-state index is 12.9. The zero-order valence-electron chi connectivity index (χ0n) is 22.0. The number of benzene rings is 4. The highest BCUT2D eigenvalue weighted by Crippen LogP contribution is 2.42. The van der Waals surface area contributed by atoms with Crippen LogP contribution >= 0.6 is 0 Å². The number of aromatic carboxylic acids is 1. The molecule has 1 aliphatic heterocycles. The number of phenols is 1. The monoisotopic (exact) mass is 550 g/mol. The Labute approximate surface area is 234 Å². The first kappa shape index (κ1) is 27.1. The largest absolute Gasteiger partial charge is 0.508 e. The molecular weight excluding hydrogens is 524 g/mol. The molecular formula is C32H26N2O7. The second-order valence-electron chi connectivity index (χ2n) is 9.56. The molecule has 1 aliphatic carbocycles. The molecule has 1 heterocycles. The summed E-state index contributed by atoms with van der Waals surface area (Å²) in [6, 6.07) is 22.3. The average Bonchev–Trinajstić information content (AvgIpc) is 2.97. The summed E-state index contributed by atoms with van der Waals surface area (Å²) in [5, 5.41) is 26.1. The molecule has 3 aromatic carbocycles. The van der Waals surface area contributed by atoms with E-state index in [1.54, 1.807) is 19.1 Å². The van der Waals surface area contributed by atoms with E-state index in [4.69, 9.17) is 4.42 Å². The maximum Gasteiger partial charge on any atom is 0.336 e. The molecule has 5 rings (SSSR count). The minimum atomic E-state index is -1.25. The standard InChI is InChI=1S/C32H26N2O7/c1-18(19-5-3-2-4-6-19)30(37)33-13-14-34-31(38)20-7-10-23(26(15-20)32(39)40)29-24-11-8-21(35)16-27(24)41-28-17-22(36)9-12-25(28)29/h2-12,15-18,35H,13-14H2,1H3,(H,33,37)(H,34,38)(H,39,40). The Bertz CT molecular complexity index is 1810. The van der Waals surface area contributed by atoms with E-state index in [0.717, 1.165) is 5.56 Å². The Morgan fingerprint density at radius 2 is 1.59 bits per heavy atom. The molecule has 0 aromatic heterocycles. The number of phenolic OH excluding ortho intramolecular Hbond substituents is 1. The molecule has 206 valence electrons. The predicted octanol–water partition coefficient (Wildman–Crippen LogP) is 4.62. The van der Waals surface area contributed by atoms with E-state index in [-0.39, 0.29) is 58.6 Å². The Balaban J connectivity index is 1.39. The minimum Gasteiger partial charge on any atom is -0.508 e. The van der Waals surface area contributed by atoms with Gasteiger partial charge in [-0.25, -0.2) is 4.79 Å². The van der Waals surface area contributed by atoms with E-state index in [2.05, 4.69) is 10.6 Å². The summed E-state index contributed by atoms with van der Waals surface area (Å²) in [6.07, 6.45) is 0. The van der Waals surface area contributed by atoms with Crippen LogP contribution in [-0.2, 0) is 4.79 Å². The Hall–Kier alpha value is -5.44. The first-order chi connectivity index (χ1) is 19.7. The highest BCUT2D eigenvalue weighted by Gasteiger charge is 2.23. The molecule has 9 nitrogen and oxygen atoms in total. The molecule has 0 saturated heterocycles. The van der Waals surface area contributed by atoms with Crippen molar-refractivity contribution in [3.8, 4) is 28.2 Å². The zero-order chi connectivity index (χ0) is 29.1. The normalized spacial score (nSPS) is 11.7. The van der Waals surface area contributed by atoms with Gasteiger partial charge >= 0.3 is 5.97 Å². The molecule has 2 amide bonds. The third-order valence-electron chi connectivity index (χ3n) is 6.86. The van der Waals surface area contributed by atoms with Gasteiger partial charge in [0.25, 0.3) is 5.91 Å². The Morgan fingerprint density at radius 1 is 0.854 bits per heavy atom. The predicted molar refractivity (Wildman–Crippen MR) is 153 cm³/mol. The van der Waals surface area contributed by atoms with Gasteiger partial charge in [0, 0.05) is 47.3 Å². The number of hydrogen-bond donors (Lipinski definition) is 4. The second kappa shape index (κ2) is 11.4. The molecule has 41 heavy (non-hydrogen) atoms. The number of carboxylic acid groups (broad SMARTS) is 1. The molecule has 0 radical (unpaired) electrons. The van der Waals surface area contributed by atoms with E-state index < -0.39 is 11.9 Å². The van der Waals surface area contributed by atoms with Gasteiger partial charge in [-0.05, 0) is 54.4 Å². The van der Waals surface area contributed by atoms with Crippen LogP contribution in [0.4, 0.5) is 0 Å². The van der Waals surface area contributed by atoms with Crippen LogP contribution in [0.3, 0.4) is 0 Å². The number of nitrogens with one attached hydrogen (secondary N) is 2. The number of rotatable bonds is 8. The van der Waals surface area contributed by atoms with E-state index >= 15 is 0 Å². The molecule has 3 aromatic rings. The minimum absolute atomic E-state index is 0.0546. The van der Waals surface area contributed by atoms with Crippen LogP contribution in [0.15, 0.2) is 94.1 Å². The van der Waals surface area contributed by atoms with E-state index in [1.165, 1.54) is 42.5 Å². The molecule has 4 N–H and O–H groups in total. The van der Waals surface area contributed by atoms with Gasteiger partial charge in [-0.2, -0.15) is 0 Å². The third kappa shape index (κ3) is 5.65. The van der Waals surface area contributed by atoms with Crippen molar-refractivity contribution in [1.82, 2.24) is 10.6 Å². The maximum atomic E-state index is 12.9. The van der Waals surface area contributed by atoms with Gasteiger partial charge in [0.2, 0.25) is 5.91 Å². The number of amides is 2. The van der Waals surface area contributed by atoms with E-state index in [0.29, 0.717) is 22.1 Å². The van der Waals surface area contributed by atoms with Crippen LogP contribution < -0.4 is 16.1 Å². The van der Waals surface area contributed by atoms with Crippen LogP contribution in [-0.4, -0.2) is 41.1 Å². The first-order valence-corrected chi connectivity index (χ1v) is 12.9. The summed E-state index contributed by atoms with van der Waals surface area (Å²) in [7, 11) is 0. The van der Waals surface area contributed by atoms with Gasteiger partial charge < -0.3 is 25.3 Å². The summed E-state index contributed by atoms with van der Waals surface area (Å²) < 4.78 is 5.84. The van der Waals surface area contributed by atoms with Crippen LogP contribution in [0.2, 0.25) is 0 Å². The van der Waals surface area contributed by atoms with Crippen molar-refractivity contribution in [2.75, 3.05) is 13.1 Å². The molecule has 9 heteroatoms. The van der Waals surface area contributed by atoms with Crippen molar-refractivity contribution < 1.29 is 29.0 Å². The zero-order valence-corrected chi connectivity index (χ0v) is 22.0. The summed E-state index contributed by atoms with van der Waals surface area (Å²) in [5.41, 5.74) is 2.16. The fourth-order valence-corrected chi connectivity index (χ4v) is 4.74. The van der Waals surface area contributed by atoms with E-state index in [9.17, 15) is 29.4 Å². The number of carboxylic acids is 1. The van der Waals surface area contributed by atoms with Gasteiger partial charge in [0.15, 0.2) is 5.43 Å². The lowest BCUT2D eigenvalue weighted by atomic mass is 9.90. The van der Waals surface area contributed by atoms with Crippen LogP contribution in [0.5, 0.6) is 5.75 Å². The van der Waals surface area contributed by atoms with E-state index in [1.807, 2.05) is 30.3 Å². The molecule has 0 saturated carbocycles. The first-order valence-electron chi connectivity index (χ1n) is 12.9. The van der Waals surface area contributed by atoms with Gasteiger partial charge in [-0.15, -0.1) is 0 Å². The summed E-state index contributed by atoms with van der Waals surface area (Å²) >= 11 is 0. The van der Waals surface area contributed by atoms with Crippen LogP contribution in [0, 0.1) is 0 Å². The Kier molecular flexibility index (Phi) is 7.51. The number of aromatic hydroxyl groups is 1. The lowest BCUT2D eigenvalue weighted by Gasteiger charge is -2.17. The summed E-state index contributed by atoms with van der Waals surface area (Å²) in [6.45, 7) is 2.15. The number of carbonyl (C=O) groups is 3. The quantitative estimate of drug-likeness (QED) is 0.163.